The summed E-state index contributed by atoms with van der Waals surface area (Å²) in [6, 6.07) is 12.8. The van der Waals surface area contributed by atoms with Crippen LogP contribution in [0.2, 0.25) is 0 Å². The second-order valence-electron chi connectivity index (χ2n) is 7.91. The Kier molecular flexibility index (Phi) is 7.98. The molecule has 2 aliphatic rings. The Hall–Kier alpha value is -3.64. The molecule has 0 bridgehead atoms. The lowest BCUT2D eigenvalue weighted by molar-refractivity contribution is -0.114. The molecule has 2 aromatic rings. The highest BCUT2D eigenvalue weighted by Gasteiger charge is 2.42. The fraction of sp³-hybridized carbons (Fsp3) is 0.280. The van der Waals surface area contributed by atoms with Crippen LogP contribution < -0.4 is 14.2 Å². The summed E-state index contributed by atoms with van der Waals surface area (Å²) in [4.78, 5) is 17.7. The molecule has 2 heterocycles. The third-order valence-corrected chi connectivity index (χ3v) is 7.83. The number of para-hydroxylation sites is 1. The van der Waals surface area contributed by atoms with Crippen molar-refractivity contribution in [3.63, 3.8) is 0 Å². The molecule has 37 heavy (non-hydrogen) atoms. The van der Waals surface area contributed by atoms with E-state index in [2.05, 4.69) is 9.39 Å². The van der Waals surface area contributed by atoms with Crippen LogP contribution in [0.3, 0.4) is 0 Å². The number of aryl methyl sites for hydroxylation is 1. The van der Waals surface area contributed by atoms with Crippen molar-refractivity contribution >= 4 is 49.9 Å². The number of amides is 1. The standard InChI is InChI=1S/C25H26N4O6S2/c1-4-33-21-15-17(10-11-20(21)35-13-12-34-19-9-7-6-8-16(19)3)14-18-22(26)29-24(27-23(18)30)36-28-25(29)37(31,32)5-2/h6-11,14-15,26H,4-5,12-13H2,1-3H3/b18-14-,26-22?. The number of sulfone groups is 1. The third-order valence-electron chi connectivity index (χ3n) is 5.42. The van der Waals surface area contributed by atoms with Gasteiger partial charge in [0.1, 0.15) is 24.8 Å². The zero-order valence-corrected chi connectivity index (χ0v) is 22.2. The van der Waals surface area contributed by atoms with Crippen LogP contribution in [0.4, 0.5) is 0 Å². The van der Waals surface area contributed by atoms with Crippen LogP contribution >= 0.6 is 11.9 Å². The number of fused-ring (bicyclic) bond motifs is 1. The second kappa shape index (κ2) is 11.2. The van der Waals surface area contributed by atoms with Crippen molar-refractivity contribution < 1.29 is 27.4 Å². The monoisotopic (exact) mass is 542 g/mol. The summed E-state index contributed by atoms with van der Waals surface area (Å²) in [5.74, 6) is 0.607. The molecule has 0 saturated heterocycles. The Morgan fingerprint density at radius 3 is 2.46 bits per heavy atom. The fourth-order valence-corrected chi connectivity index (χ4v) is 5.48. The number of hydrogen-bond acceptors (Lipinski definition) is 9. The van der Waals surface area contributed by atoms with Crippen molar-refractivity contribution in [2.75, 3.05) is 25.6 Å². The SMILES string of the molecule is CCOc1cc(/C=C2/C(=N)N3C(=NC2=O)SN=C3S(=O)(=O)CC)ccc1OCCOc1ccccc1C. The van der Waals surface area contributed by atoms with E-state index in [9.17, 15) is 13.2 Å². The molecular formula is C25H26N4O6S2. The van der Waals surface area contributed by atoms with E-state index < -0.39 is 15.7 Å². The number of aliphatic imine (C=N–C) groups is 1. The first-order valence-corrected chi connectivity index (χ1v) is 14.0. The number of nitrogens with zero attached hydrogens (tertiary/aromatic N) is 3. The Morgan fingerprint density at radius 1 is 1.03 bits per heavy atom. The fourth-order valence-electron chi connectivity index (χ4n) is 3.52. The zero-order chi connectivity index (χ0) is 26.6. The van der Waals surface area contributed by atoms with Crippen LogP contribution in [0, 0.1) is 12.3 Å². The Morgan fingerprint density at radius 2 is 1.76 bits per heavy atom. The average molecular weight is 543 g/mol. The molecule has 0 aliphatic carbocycles. The number of amidine groups is 3. The molecule has 0 aromatic heterocycles. The molecule has 0 saturated carbocycles. The van der Waals surface area contributed by atoms with Crippen molar-refractivity contribution in [1.29, 1.82) is 5.41 Å². The van der Waals surface area contributed by atoms with Crippen molar-refractivity contribution in [2.24, 2.45) is 9.39 Å². The van der Waals surface area contributed by atoms with Gasteiger partial charge in [-0.15, -0.1) is 0 Å². The number of hydrogen-bond donors (Lipinski definition) is 1. The second-order valence-corrected chi connectivity index (χ2v) is 10.8. The van der Waals surface area contributed by atoms with E-state index in [4.69, 9.17) is 19.6 Å². The van der Waals surface area contributed by atoms with Crippen LogP contribution in [0.25, 0.3) is 6.08 Å². The summed E-state index contributed by atoms with van der Waals surface area (Å²) in [5.41, 5.74) is 1.53. The topological polar surface area (TPSA) is 131 Å². The molecule has 0 fully saturated rings. The van der Waals surface area contributed by atoms with E-state index in [0.29, 0.717) is 30.3 Å². The van der Waals surface area contributed by atoms with Crippen molar-refractivity contribution in [3.8, 4) is 17.2 Å². The van der Waals surface area contributed by atoms with Gasteiger partial charge in [0.2, 0.25) is 20.2 Å². The summed E-state index contributed by atoms with van der Waals surface area (Å²) in [5, 5.41) is 8.29. The molecule has 0 unspecified atom stereocenters. The van der Waals surface area contributed by atoms with Crippen molar-refractivity contribution in [3.05, 3.63) is 59.2 Å². The summed E-state index contributed by atoms with van der Waals surface area (Å²) in [7, 11) is -3.72. The van der Waals surface area contributed by atoms with Gasteiger partial charge >= 0.3 is 0 Å². The summed E-state index contributed by atoms with van der Waals surface area (Å²) < 4.78 is 46.2. The van der Waals surface area contributed by atoms with Crippen LogP contribution in [0.5, 0.6) is 17.2 Å². The molecule has 2 aliphatic heterocycles. The third kappa shape index (κ3) is 5.70. The minimum atomic E-state index is -3.72. The molecule has 10 nitrogen and oxygen atoms in total. The quantitative estimate of drug-likeness (QED) is 0.287. The summed E-state index contributed by atoms with van der Waals surface area (Å²) >= 11 is 0.761. The number of rotatable bonds is 9. The maximum Gasteiger partial charge on any atom is 0.283 e. The van der Waals surface area contributed by atoms with Crippen LogP contribution in [0.1, 0.15) is 25.0 Å². The largest absolute Gasteiger partial charge is 0.490 e. The smallest absolute Gasteiger partial charge is 0.283 e. The number of benzene rings is 2. The summed E-state index contributed by atoms with van der Waals surface area (Å²) in [6.45, 7) is 6.31. The number of carbonyl (C=O) groups excluding carboxylic acids is 1. The maximum atomic E-state index is 12.7. The lowest BCUT2D eigenvalue weighted by Crippen LogP contribution is -2.45. The molecule has 1 amide bonds. The van der Waals surface area contributed by atoms with E-state index in [-0.39, 0.29) is 34.1 Å². The van der Waals surface area contributed by atoms with Gasteiger partial charge in [0.15, 0.2) is 11.5 Å². The van der Waals surface area contributed by atoms with Crippen LogP contribution in [0.15, 0.2) is 57.4 Å². The molecule has 0 radical (unpaired) electrons. The lowest BCUT2D eigenvalue weighted by atomic mass is 10.1. The van der Waals surface area contributed by atoms with Gasteiger partial charge in [0, 0.05) is 0 Å². The molecule has 4 rings (SSSR count). The molecule has 0 atom stereocenters. The Balaban J connectivity index is 1.52. The van der Waals surface area contributed by atoms with Gasteiger partial charge in [-0.2, -0.15) is 9.39 Å². The van der Waals surface area contributed by atoms with E-state index in [1.54, 1.807) is 18.2 Å². The highest BCUT2D eigenvalue weighted by Crippen LogP contribution is 2.32. The normalized spacial score (nSPS) is 16.4. The Bertz CT molecular complexity index is 1430. The predicted octanol–water partition coefficient (Wildman–Crippen LogP) is 3.86. The highest BCUT2D eigenvalue weighted by molar-refractivity contribution is 8.16. The number of ether oxygens (including phenoxy) is 3. The van der Waals surface area contributed by atoms with E-state index in [1.165, 1.54) is 13.0 Å². The van der Waals surface area contributed by atoms with Gasteiger partial charge in [-0.3, -0.25) is 10.2 Å². The van der Waals surface area contributed by atoms with Crippen molar-refractivity contribution in [1.82, 2.24) is 4.90 Å². The maximum absolute atomic E-state index is 12.7. The number of carbonyl (C=O) groups is 1. The van der Waals surface area contributed by atoms with Gasteiger partial charge in [-0.1, -0.05) is 31.2 Å². The molecule has 194 valence electrons. The number of nitrogens with one attached hydrogen (secondary N) is 1. The van der Waals surface area contributed by atoms with Gasteiger partial charge < -0.3 is 14.2 Å². The first-order valence-electron chi connectivity index (χ1n) is 11.5. The van der Waals surface area contributed by atoms with Crippen LogP contribution in [-0.2, 0) is 14.6 Å². The molecule has 1 N–H and O–H groups in total. The zero-order valence-electron chi connectivity index (χ0n) is 20.6. The van der Waals surface area contributed by atoms with Gasteiger partial charge in [-0.05, 0) is 49.2 Å². The lowest BCUT2D eigenvalue weighted by Gasteiger charge is -2.24. The van der Waals surface area contributed by atoms with E-state index in [0.717, 1.165) is 28.2 Å². The molecule has 2 aromatic carbocycles. The van der Waals surface area contributed by atoms with Gasteiger partial charge in [0.25, 0.3) is 5.91 Å². The molecular weight excluding hydrogens is 516 g/mol. The molecule has 0 spiro atoms. The minimum absolute atomic E-state index is 0.0471. The first kappa shape index (κ1) is 26.4. The van der Waals surface area contributed by atoms with E-state index >= 15 is 0 Å². The average Bonchev–Trinajstić information content (AvgIpc) is 3.31. The van der Waals surface area contributed by atoms with Gasteiger partial charge in [-0.25, -0.2) is 13.3 Å². The predicted molar refractivity (Wildman–Crippen MR) is 144 cm³/mol. The van der Waals surface area contributed by atoms with E-state index in [1.807, 2.05) is 38.1 Å². The first-order chi connectivity index (χ1) is 17.7. The minimum Gasteiger partial charge on any atom is -0.490 e. The van der Waals surface area contributed by atoms with Crippen molar-refractivity contribution in [2.45, 2.75) is 20.8 Å². The molecule has 12 heteroatoms. The highest BCUT2D eigenvalue weighted by atomic mass is 32.2. The van der Waals surface area contributed by atoms with Gasteiger partial charge in [0.05, 0.1) is 29.9 Å². The van der Waals surface area contributed by atoms with Crippen LogP contribution in [-0.4, -0.2) is 61.0 Å². The summed E-state index contributed by atoms with van der Waals surface area (Å²) in [6.07, 6.45) is 1.47. The Labute approximate surface area is 219 Å².